The molecule has 6 heteroatoms. The predicted octanol–water partition coefficient (Wildman–Crippen LogP) is -0.0286. The number of hydrogen-bond acceptors (Lipinski definition) is 5. The summed E-state index contributed by atoms with van der Waals surface area (Å²) < 4.78 is 0. The molecule has 1 saturated heterocycles. The van der Waals surface area contributed by atoms with Crippen molar-refractivity contribution in [2.45, 2.75) is 12.8 Å². The average molecular weight is 250 g/mol. The van der Waals surface area contributed by atoms with E-state index in [1.165, 1.54) is 6.20 Å². The van der Waals surface area contributed by atoms with Gasteiger partial charge in [0.05, 0.1) is 17.4 Å². The number of aliphatic hydroxyl groups excluding tert-OH is 1. The highest BCUT2D eigenvalue weighted by Crippen LogP contribution is 2.23. The minimum Gasteiger partial charge on any atom is -0.397 e. The first-order chi connectivity index (χ1) is 8.61. The van der Waals surface area contributed by atoms with Gasteiger partial charge in [0.15, 0.2) is 0 Å². The van der Waals surface area contributed by atoms with Crippen LogP contribution in [0.5, 0.6) is 0 Å². The Hall–Kier alpha value is -1.82. The van der Waals surface area contributed by atoms with Crippen LogP contribution in [0.3, 0.4) is 0 Å². The van der Waals surface area contributed by atoms with Crippen LogP contribution in [0, 0.1) is 5.92 Å². The number of carbonyl (C=O) groups excluding carboxylic acids is 1. The second kappa shape index (κ2) is 5.22. The van der Waals surface area contributed by atoms with E-state index in [2.05, 4.69) is 9.88 Å². The fraction of sp³-hybridized carbons (Fsp3) is 0.500. The molecule has 1 aliphatic heterocycles. The number of aromatic nitrogens is 1. The molecule has 1 aromatic rings. The zero-order chi connectivity index (χ0) is 13.1. The molecule has 2 rings (SSSR count). The Morgan fingerprint density at radius 3 is 3.06 bits per heavy atom. The molecule has 0 bridgehead atoms. The van der Waals surface area contributed by atoms with Crippen LogP contribution in [0.25, 0.3) is 0 Å². The van der Waals surface area contributed by atoms with Crippen LogP contribution in [0.1, 0.15) is 23.2 Å². The molecule has 0 radical (unpaired) electrons. The van der Waals surface area contributed by atoms with Gasteiger partial charge in [-0.15, -0.1) is 0 Å². The van der Waals surface area contributed by atoms with E-state index in [0.717, 1.165) is 25.9 Å². The minimum atomic E-state index is -0.549. The molecule has 6 nitrogen and oxygen atoms in total. The first-order valence-corrected chi connectivity index (χ1v) is 6.03. The van der Waals surface area contributed by atoms with Crippen LogP contribution in [0.4, 0.5) is 11.5 Å². The fourth-order valence-electron chi connectivity index (χ4n) is 2.26. The molecule has 0 aliphatic carbocycles. The zero-order valence-corrected chi connectivity index (χ0v) is 10.2. The van der Waals surface area contributed by atoms with Crippen molar-refractivity contribution in [2.75, 3.05) is 30.3 Å². The third-order valence-corrected chi connectivity index (χ3v) is 3.29. The molecule has 0 aromatic carbocycles. The first kappa shape index (κ1) is 12.6. The zero-order valence-electron chi connectivity index (χ0n) is 10.2. The average Bonchev–Trinajstić information content (AvgIpc) is 2.39. The summed E-state index contributed by atoms with van der Waals surface area (Å²) >= 11 is 0. The predicted molar refractivity (Wildman–Crippen MR) is 69.2 cm³/mol. The van der Waals surface area contributed by atoms with Gasteiger partial charge in [-0.05, 0) is 24.8 Å². The summed E-state index contributed by atoms with van der Waals surface area (Å²) in [6.45, 7) is 1.78. The van der Waals surface area contributed by atoms with E-state index in [-0.39, 0.29) is 12.5 Å². The van der Waals surface area contributed by atoms with Gasteiger partial charge in [-0.3, -0.25) is 4.79 Å². The smallest absolute Gasteiger partial charge is 0.250 e. The van der Waals surface area contributed by atoms with E-state index >= 15 is 0 Å². The lowest BCUT2D eigenvalue weighted by Crippen LogP contribution is -2.37. The van der Waals surface area contributed by atoms with Crippen LogP contribution in [-0.4, -0.2) is 35.7 Å². The number of nitrogen functional groups attached to an aromatic ring is 1. The van der Waals surface area contributed by atoms with Crippen molar-refractivity contribution < 1.29 is 9.90 Å². The fourth-order valence-corrected chi connectivity index (χ4v) is 2.26. The third kappa shape index (κ3) is 2.53. The number of nitrogens with zero attached hydrogens (tertiary/aromatic N) is 2. The first-order valence-electron chi connectivity index (χ1n) is 6.03. The van der Waals surface area contributed by atoms with Gasteiger partial charge in [-0.1, -0.05) is 0 Å². The van der Waals surface area contributed by atoms with Crippen molar-refractivity contribution in [3.63, 3.8) is 0 Å². The molecular weight excluding hydrogens is 232 g/mol. The maximum Gasteiger partial charge on any atom is 0.250 e. The number of rotatable bonds is 3. The van der Waals surface area contributed by atoms with E-state index < -0.39 is 5.91 Å². The van der Waals surface area contributed by atoms with E-state index in [0.29, 0.717) is 17.1 Å². The SMILES string of the molecule is NC(=O)c1cc(N2CCCC(CO)C2)ncc1N. The summed E-state index contributed by atoms with van der Waals surface area (Å²) in [7, 11) is 0. The molecule has 1 atom stereocenters. The molecule has 18 heavy (non-hydrogen) atoms. The van der Waals surface area contributed by atoms with Gasteiger partial charge in [0.2, 0.25) is 0 Å². The second-order valence-electron chi connectivity index (χ2n) is 4.63. The van der Waals surface area contributed by atoms with E-state index in [9.17, 15) is 9.90 Å². The molecule has 1 unspecified atom stereocenters. The Bertz CT molecular complexity index is 450. The Labute approximate surface area is 106 Å². The standard InChI is InChI=1S/C12H18N4O2/c13-10-5-15-11(4-9(10)12(14)18)16-3-1-2-8(6-16)7-17/h4-5,8,17H,1-3,6-7,13H2,(H2,14,18). The molecule has 1 fully saturated rings. The van der Waals surface area contributed by atoms with Gasteiger partial charge in [-0.2, -0.15) is 0 Å². The molecule has 98 valence electrons. The molecule has 1 aromatic heterocycles. The number of piperidine rings is 1. The number of amides is 1. The van der Waals surface area contributed by atoms with Crippen LogP contribution in [0.15, 0.2) is 12.3 Å². The maximum atomic E-state index is 11.2. The van der Waals surface area contributed by atoms with Crippen LogP contribution < -0.4 is 16.4 Å². The van der Waals surface area contributed by atoms with Crippen molar-refractivity contribution in [2.24, 2.45) is 11.7 Å². The molecule has 0 saturated carbocycles. The van der Waals surface area contributed by atoms with E-state index in [1.54, 1.807) is 6.07 Å². The summed E-state index contributed by atoms with van der Waals surface area (Å²) in [5, 5.41) is 9.20. The third-order valence-electron chi connectivity index (χ3n) is 3.29. The van der Waals surface area contributed by atoms with Crippen molar-refractivity contribution >= 4 is 17.4 Å². The number of hydrogen-bond donors (Lipinski definition) is 3. The number of nitrogens with two attached hydrogens (primary N) is 2. The molecule has 2 heterocycles. The largest absolute Gasteiger partial charge is 0.397 e. The Morgan fingerprint density at radius 2 is 2.39 bits per heavy atom. The second-order valence-corrected chi connectivity index (χ2v) is 4.63. The summed E-state index contributed by atoms with van der Waals surface area (Å²) in [5.41, 5.74) is 11.5. The molecule has 1 aliphatic rings. The monoisotopic (exact) mass is 250 g/mol. The van der Waals surface area contributed by atoms with Gasteiger partial charge in [0, 0.05) is 19.7 Å². The molecule has 5 N–H and O–H groups in total. The Kier molecular flexibility index (Phi) is 3.66. The molecule has 1 amide bonds. The van der Waals surface area contributed by atoms with Crippen molar-refractivity contribution in [1.29, 1.82) is 0 Å². The number of pyridine rings is 1. The molecule has 0 spiro atoms. The number of carbonyl (C=O) groups is 1. The van der Waals surface area contributed by atoms with Crippen LogP contribution in [-0.2, 0) is 0 Å². The van der Waals surface area contributed by atoms with Gasteiger partial charge in [0.1, 0.15) is 5.82 Å². The highest BCUT2D eigenvalue weighted by Gasteiger charge is 2.21. The Balaban J connectivity index is 2.22. The topological polar surface area (TPSA) is 105 Å². The lowest BCUT2D eigenvalue weighted by Gasteiger charge is -2.32. The lowest BCUT2D eigenvalue weighted by atomic mass is 9.99. The van der Waals surface area contributed by atoms with Crippen molar-refractivity contribution in [3.05, 3.63) is 17.8 Å². The van der Waals surface area contributed by atoms with Crippen molar-refractivity contribution in [1.82, 2.24) is 4.98 Å². The van der Waals surface area contributed by atoms with Gasteiger partial charge >= 0.3 is 0 Å². The minimum absolute atomic E-state index is 0.175. The number of aliphatic hydroxyl groups is 1. The van der Waals surface area contributed by atoms with Crippen LogP contribution >= 0.6 is 0 Å². The number of primary amides is 1. The highest BCUT2D eigenvalue weighted by molar-refractivity contribution is 5.98. The normalized spacial score (nSPS) is 19.8. The Morgan fingerprint density at radius 1 is 1.61 bits per heavy atom. The van der Waals surface area contributed by atoms with Crippen molar-refractivity contribution in [3.8, 4) is 0 Å². The summed E-state index contributed by atoms with van der Waals surface area (Å²) in [6.07, 6.45) is 3.48. The quantitative estimate of drug-likeness (QED) is 0.698. The van der Waals surface area contributed by atoms with E-state index in [1.807, 2.05) is 0 Å². The maximum absolute atomic E-state index is 11.2. The lowest BCUT2D eigenvalue weighted by molar-refractivity contribution is 0.100. The van der Waals surface area contributed by atoms with E-state index in [4.69, 9.17) is 11.5 Å². The van der Waals surface area contributed by atoms with Crippen LogP contribution in [0.2, 0.25) is 0 Å². The summed E-state index contributed by atoms with van der Waals surface area (Å²) in [5.74, 6) is 0.401. The summed E-state index contributed by atoms with van der Waals surface area (Å²) in [4.78, 5) is 17.5. The highest BCUT2D eigenvalue weighted by atomic mass is 16.3. The summed E-state index contributed by atoms with van der Waals surface area (Å²) in [6, 6.07) is 1.62. The van der Waals surface area contributed by atoms with Gasteiger partial charge < -0.3 is 21.5 Å². The number of anilines is 2. The van der Waals surface area contributed by atoms with Gasteiger partial charge in [-0.25, -0.2) is 4.98 Å². The van der Waals surface area contributed by atoms with Gasteiger partial charge in [0.25, 0.3) is 5.91 Å². The molecular formula is C12H18N4O2.